The van der Waals surface area contributed by atoms with E-state index in [2.05, 4.69) is 9.89 Å². The second-order valence-electron chi connectivity index (χ2n) is 6.93. The van der Waals surface area contributed by atoms with Crippen LogP contribution in [0.5, 0.6) is 0 Å². The molecule has 0 spiro atoms. The lowest BCUT2D eigenvalue weighted by molar-refractivity contribution is 0.341. The molecule has 0 atom stereocenters. The molecular formula is C17H26FIN4O2S. The maximum Gasteiger partial charge on any atom is 0.191 e. The number of hydrogen-bond acceptors (Lipinski definition) is 4. The maximum absolute atomic E-state index is 13.0. The van der Waals surface area contributed by atoms with Crippen molar-refractivity contribution in [1.29, 1.82) is 0 Å². The summed E-state index contributed by atoms with van der Waals surface area (Å²) in [6.07, 6.45) is 3.56. The minimum atomic E-state index is -3.12. The highest BCUT2D eigenvalue weighted by atomic mass is 127. The highest BCUT2D eigenvalue weighted by Crippen LogP contribution is 2.39. The fourth-order valence-corrected chi connectivity index (χ4v) is 4.72. The second kappa shape index (κ2) is 8.28. The van der Waals surface area contributed by atoms with Gasteiger partial charge < -0.3 is 15.5 Å². The van der Waals surface area contributed by atoms with Gasteiger partial charge in [-0.3, -0.25) is 4.99 Å². The number of aliphatic imine (C=N–C) groups is 1. The van der Waals surface area contributed by atoms with Gasteiger partial charge in [-0.1, -0.05) is 6.42 Å². The molecule has 2 aliphatic rings. The molecule has 1 heterocycles. The molecule has 6 nitrogen and oxygen atoms in total. The van der Waals surface area contributed by atoms with E-state index in [-0.39, 0.29) is 36.3 Å². The summed E-state index contributed by atoms with van der Waals surface area (Å²) in [6.45, 7) is 3.19. The molecule has 0 radical (unpaired) electrons. The molecule has 1 saturated heterocycles. The molecule has 2 fully saturated rings. The third-order valence-corrected chi connectivity index (χ3v) is 7.49. The van der Waals surface area contributed by atoms with E-state index in [9.17, 15) is 12.8 Å². The molecule has 1 aliphatic carbocycles. The topological polar surface area (TPSA) is 79.0 Å². The van der Waals surface area contributed by atoms with Gasteiger partial charge in [0.05, 0.1) is 11.3 Å². The van der Waals surface area contributed by atoms with Crippen LogP contribution in [0.15, 0.2) is 29.3 Å². The molecule has 0 unspecified atom stereocenters. The van der Waals surface area contributed by atoms with E-state index in [1.807, 2.05) is 4.90 Å². The first-order chi connectivity index (χ1) is 11.8. The molecule has 146 valence electrons. The smallest absolute Gasteiger partial charge is 0.191 e. The third kappa shape index (κ3) is 4.41. The lowest BCUT2D eigenvalue weighted by Gasteiger charge is -2.39. The summed E-state index contributed by atoms with van der Waals surface area (Å²) in [7, 11) is -3.12. The summed E-state index contributed by atoms with van der Waals surface area (Å²) in [5.74, 6) is 0.170. The van der Waals surface area contributed by atoms with Gasteiger partial charge in [0.2, 0.25) is 0 Å². The van der Waals surface area contributed by atoms with Gasteiger partial charge in [-0.2, -0.15) is 0 Å². The molecule has 2 N–H and O–H groups in total. The summed E-state index contributed by atoms with van der Waals surface area (Å²) in [6, 6.07) is 6.46. The van der Waals surface area contributed by atoms with Gasteiger partial charge in [-0.15, -0.1) is 24.0 Å². The van der Waals surface area contributed by atoms with Crippen LogP contribution in [0.2, 0.25) is 0 Å². The zero-order valence-corrected chi connectivity index (χ0v) is 18.0. The first-order valence-electron chi connectivity index (χ1n) is 8.56. The zero-order chi connectivity index (χ0) is 18.1. The van der Waals surface area contributed by atoms with Crippen LogP contribution in [0, 0.1) is 5.82 Å². The Morgan fingerprint density at radius 1 is 1.19 bits per heavy atom. The van der Waals surface area contributed by atoms with Crippen LogP contribution in [0.3, 0.4) is 0 Å². The summed E-state index contributed by atoms with van der Waals surface area (Å²) < 4.78 is 36.3. The Labute approximate surface area is 171 Å². The Morgan fingerprint density at radius 2 is 1.77 bits per heavy atom. The van der Waals surface area contributed by atoms with Crippen LogP contribution in [-0.2, 0) is 9.84 Å². The Balaban J connectivity index is 0.00000243. The van der Waals surface area contributed by atoms with Gasteiger partial charge >= 0.3 is 0 Å². The molecule has 3 rings (SSSR count). The van der Waals surface area contributed by atoms with Crippen molar-refractivity contribution >= 4 is 45.5 Å². The number of rotatable bonds is 4. The van der Waals surface area contributed by atoms with Gasteiger partial charge in [0.15, 0.2) is 15.8 Å². The fourth-order valence-electron chi connectivity index (χ4n) is 3.39. The molecular weight excluding hydrogens is 470 g/mol. The van der Waals surface area contributed by atoms with Gasteiger partial charge in [0.1, 0.15) is 5.82 Å². The Bertz CT molecular complexity index is 743. The summed E-state index contributed by atoms with van der Waals surface area (Å²) in [5, 5.41) is 0. The molecule has 1 aliphatic heterocycles. The maximum atomic E-state index is 13.0. The number of halogens is 2. The Hall–Kier alpha value is -1.10. The Morgan fingerprint density at radius 3 is 2.23 bits per heavy atom. The van der Waals surface area contributed by atoms with E-state index in [1.165, 1.54) is 18.4 Å². The number of nitrogens with two attached hydrogens (primary N) is 1. The number of guanidine groups is 1. The summed E-state index contributed by atoms with van der Waals surface area (Å²) in [5.41, 5.74) is 7.08. The second-order valence-corrected chi connectivity index (χ2v) is 9.34. The van der Waals surface area contributed by atoms with E-state index in [4.69, 9.17) is 5.73 Å². The quantitative estimate of drug-likeness (QED) is 0.391. The summed E-state index contributed by atoms with van der Waals surface area (Å²) >= 11 is 0. The number of nitrogens with zero attached hydrogens (tertiary/aromatic N) is 3. The van der Waals surface area contributed by atoms with Crippen molar-refractivity contribution in [2.45, 2.75) is 24.0 Å². The lowest BCUT2D eigenvalue weighted by atomic mass is 9.84. The minimum Gasteiger partial charge on any atom is -0.370 e. The number of sulfone groups is 1. The highest BCUT2D eigenvalue weighted by molar-refractivity contribution is 14.0. The number of benzene rings is 1. The van der Waals surface area contributed by atoms with Crippen LogP contribution in [0.4, 0.5) is 10.1 Å². The van der Waals surface area contributed by atoms with Crippen molar-refractivity contribution in [3.63, 3.8) is 0 Å². The standard InChI is InChI=1S/C17H25FN4O2S.HI/c1-25(23,24)17(7-2-8-17)13-20-16(19)22-11-9-21(10-12-22)15-5-3-14(18)4-6-15;/h3-6H,2,7-13H2,1H3,(H2,19,20);1H. The molecule has 9 heteroatoms. The number of hydrogen-bond donors (Lipinski definition) is 1. The molecule has 1 aromatic carbocycles. The first-order valence-corrected chi connectivity index (χ1v) is 10.4. The Kier molecular flexibility index (Phi) is 6.75. The van der Waals surface area contributed by atoms with Crippen LogP contribution < -0.4 is 10.6 Å². The SMILES string of the molecule is CS(=O)(=O)C1(CN=C(N)N2CCN(c3ccc(F)cc3)CC2)CCC1.I. The third-order valence-electron chi connectivity index (χ3n) is 5.38. The van der Waals surface area contributed by atoms with Crippen LogP contribution in [-0.4, -0.2) is 63.0 Å². The number of anilines is 1. The van der Waals surface area contributed by atoms with Crippen LogP contribution in [0.1, 0.15) is 19.3 Å². The van der Waals surface area contributed by atoms with Gasteiger partial charge in [-0.05, 0) is 37.1 Å². The normalized spacial score (nSPS) is 20.3. The molecule has 1 aromatic rings. The molecule has 26 heavy (non-hydrogen) atoms. The van der Waals surface area contributed by atoms with Crippen molar-refractivity contribution in [3.05, 3.63) is 30.1 Å². The van der Waals surface area contributed by atoms with Gasteiger partial charge in [-0.25, -0.2) is 12.8 Å². The minimum absolute atomic E-state index is 0. The van der Waals surface area contributed by atoms with Crippen LogP contribution >= 0.6 is 24.0 Å². The summed E-state index contributed by atoms with van der Waals surface area (Å²) in [4.78, 5) is 8.55. The predicted molar refractivity (Wildman–Crippen MR) is 114 cm³/mol. The van der Waals surface area contributed by atoms with Crippen molar-refractivity contribution < 1.29 is 12.8 Å². The average molecular weight is 496 g/mol. The van der Waals surface area contributed by atoms with Crippen molar-refractivity contribution in [1.82, 2.24) is 4.90 Å². The lowest BCUT2D eigenvalue weighted by Crippen LogP contribution is -2.52. The largest absolute Gasteiger partial charge is 0.370 e. The van der Waals surface area contributed by atoms with Gasteiger partial charge in [0.25, 0.3) is 0 Å². The predicted octanol–water partition coefficient (Wildman–Crippen LogP) is 1.85. The van der Waals surface area contributed by atoms with E-state index in [1.54, 1.807) is 12.1 Å². The zero-order valence-electron chi connectivity index (χ0n) is 14.9. The van der Waals surface area contributed by atoms with E-state index < -0.39 is 14.6 Å². The van der Waals surface area contributed by atoms with Crippen molar-refractivity contribution in [3.8, 4) is 0 Å². The van der Waals surface area contributed by atoms with Crippen LogP contribution in [0.25, 0.3) is 0 Å². The average Bonchev–Trinajstić information content (AvgIpc) is 2.53. The molecule has 0 amide bonds. The van der Waals surface area contributed by atoms with E-state index in [0.717, 1.165) is 25.2 Å². The molecule has 0 aromatic heterocycles. The van der Waals surface area contributed by atoms with Crippen molar-refractivity contribution in [2.75, 3.05) is 43.9 Å². The van der Waals surface area contributed by atoms with E-state index >= 15 is 0 Å². The number of piperazine rings is 1. The van der Waals surface area contributed by atoms with E-state index in [0.29, 0.717) is 31.9 Å². The first kappa shape index (κ1) is 21.2. The molecule has 0 bridgehead atoms. The monoisotopic (exact) mass is 496 g/mol. The van der Waals surface area contributed by atoms with Gasteiger partial charge in [0, 0.05) is 38.1 Å². The molecule has 1 saturated carbocycles. The fraction of sp³-hybridized carbons (Fsp3) is 0.588. The van der Waals surface area contributed by atoms with Crippen molar-refractivity contribution in [2.24, 2.45) is 10.7 Å². The highest BCUT2D eigenvalue weighted by Gasteiger charge is 2.46.